The third kappa shape index (κ3) is 2.90. The molecule has 3 rings (SSSR count). The molecule has 0 atom stereocenters. The zero-order chi connectivity index (χ0) is 14.8. The number of benzene rings is 2. The standard InChI is InChI=1S/C17H17FN2S/c18-15-8-7-12(10-14(15)17(19)21)11-20-9-3-5-13-4-1-2-6-16(13)20/h1-2,4,6-8,10H,3,5,9,11H2,(H2,19,21). The fourth-order valence-electron chi connectivity index (χ4n) is 2.86. The summed E-state index contributed by atoms with van der Waals surface area (Å²) >= 11 is 4.90. The van der Waals surface area contributed by atoms with Gasteiger partial charge in [-0.3, -0.25) is 0 Å². The van der Waals surface area contributed by atoms with Crippen LogP contribution in [0.4, 0.5) is 10.1 Å². The summed E-state index contributed by atoms with van der Waals surface area (Å²) in [5, 5.41) is 0. The molecule has 21 heavy (non-hydrogen) atoms. The average Bonchev–Trinajstić information content (AvgIpc) is 2.49. The van der Waals surface area contributed by atoms with E-state index in [2.05, 4.69) is 29.2 Å². The van der Waals surface area contributed by atoms with Crippen molar-refractivity contribution >= 4 is 22.9 Å². The number of aryl methyl sites for hydroxylation is 1. The molecule has 2 aromatic rings. The molecule has 0 aromatic heterocycles. The maximum atomic E-state index is 13.7. The van der Waals surface area contributed by atoms with E-state index in [9.17, 15) is 4.39 Å². The van der Waals surface area contributed by atoms with Gasteiger partial charge in [-0.25, -0.2) is 4.39 Å². The van der Waals surface area contributed by atoms with Crippen LogP contribution < -0.4 is 10.6 Å². The van der Waals surface area contributed by atoms with Crippen molar-refractivity contribution in [1.29, 1.82) is 0 Å². The molecule has 2 N–H and O–H groups in total. The number of anilines is 1. The van der Waals surface area contributed by atoms with Gasteiger partial charge in [-0.05, 0) is 42.2 Å². The van der Waals surface area contributed by atoms with E-state index in [1.165, 1.54) is 17.3 Å². The Balaban J connectivity index is 1.88. The molecule has 0 aliphatic carbocycles. The topological polar surface area (TPSA) is 29.3 Å². The third-order valence-corrected chi connectivity index (χ3v) is 4.10. The predicted octanol–water partition coefficient (Wildman–Crippen LogP) is 3.41. The van der Waals surface area contributed by atoms with Gasteiger partial charge >= 0.3 is 0 Å². The molecule has 0 amide bonds. The van der Waals surface area contributed by atoms with E-state index in [0.717, 1.165) is 31.5 Å². The third-order valence-electron chi connectivity index (χ3n) is 3.88. The monoisotopic (exact) mass is 300 g/mol. The summed E-state index contributed by atoms with van der Waals surface area (Å²) in [6.07, 6.45) is 2.26. The van der Waals surface area contributed by atoms with Gasteiger partial charge in [0.1, 0.15) is 10.8 Å². The number of para-hydroxylation sites is 1. The van der Waals surface area contributed by atoms with Gasteiger partial charge in [0.2, 0.25) is 0 Å². The van der Waals surface area contributed by atoms with Gasteiger partial charge in [0.05, 0.1) is 0 Å². The van der Waals surface area contributed by atoms with Gasteiger partial charge in [-0.15, -0.1) is 0 Å². The SMILES string of the molecule is NC(=S)c1cc(CN2CCCc3ccccc32)ccc1F. The molecule has 0 radical (unpaired) electrons. The Morgan fingerprint density at radius 2 is 2.05 bits per heavy atom. The number of thiocarbonyl (C=S) groups is 1. The summed E-state index contributed by atoms with van der Waals surface area (Å²) < 4.78 is 13.7. The Labute approximate surface area is 129 Å². The first kappa shape index (κ1) is 14.0. The van der Waals surface area contributed by atoms with Crippen LogP contribution >= 0.6 is 12.2 Å². The number of nitrogens with zero attached hydrogens (tertiary/aromatic N) is 1. The highest BCUT2D eigenvalue weighted by atomic mass is 32.1. The first-order valence-corrected chi connectivity index (χ1v) is 7.47. The highest BCUT2D eigenvalue weighted by Gasteiger charge is 2.17. The summed E-state index contributed by atoms with van der Waals surface area (Å²) in [7, 11) is 0. The molecule has 2 nitrogen and oxygen atoms in total. The van der Waals surface area contributed by atoms with Gasteiger partial charge in [0, 0.05) is 24.3 Å². The second-order valence-electron chi connectivity index (χ2n) is 5.33. The Kier molecular flexibility index (Phi) is 3.88. The van der Waals surface area contributed by atoms with Crippen molar-refractivity contribution in [1.82, 2.24) is 0 Å². The zero-order valence-corrected chi connectivity index (χ0v) is 12.5. The van der Waals surface area contributed by atoms with Crippen LogP contribution in [0.3, 0.4) is 0 Å². The molecule has 0 fully saturated rings. The Hall–Kier alpha value is -1.94. The van der Waals surface area contributed by atoms with Crippen molar-refractivity contribution in [2.45, 2.75) is 19.4 Å². The van der Waals surface area contributed by atoms with Crippen LogP contribution in [0.25, 0.3) is 0 Å². The largest absolute Gasteiger partial charge is 0.389 e. The molecule has 2 aromatic carbocycles. The molecule has 108 valence electrons. The molecular weight excluding hydrogens is 283 g/mol. The van der Waals surface area contributed by atoms with Crippen LogP contribution in [0.2, 0.25) is 0 Å². The van der Waals surface area contributed by atoms with E-state index in [0.29, 0.717) is 5.56 Å². The molecule has 0 saturated carbocycles. The molecule has 0 unspecified atom stereocenters. The first-order valence-electron chi connectivity index (χ1n) is 7.06. The van der Waals surface area contributed by atoms with Crippen molar-refractivity contribution in [3.05, 3.63) is 65.0 Å². The first-order chi connectivity index (χ1) is 10.1. The fourth-order valence-corrected chi connectivity index (χ4v) is 3.01. The fraction of sp³-hybridized carbons (Fsp3) is 0.235. The molecule has 4 heteroatoms. The minimum atomic E-state index is -0.356. The van der Waals surface area contributed by atoms with Crippen LogP contribution in [0.5, 0.6) is 0 Å². The number of fused-ring (bicyclic) bond motifs is 1. The lowest BCUT2D eigenvalue weighted by atomic mass is 10.0. The lowest BCUT2D eigenvalue weighted by molar-refractivity contribution is 0.623. The number of hydrogen-bond acceptors (Lipinski definition) is 2. The molecule has 0 spiro atoms. The maximum absolute atomic E-state index is 13.7. The highest BCUT2D eigenvalue weighted by Crippen LogP contribution is 2.28. The number of nitrogens with two attached hydrogens (primary N) is 1. The summed E-state index contributed by atoms with van der Waals surface area (Å²) in [5.41, 5.74) is 9.57. The molecular formula is C17H17FN2S. The zero-order valence-electron chi connectivity index (χ0n) is 11.7. The van der Waals surface area contributed by atoms with E-state index >= 15 is 0 Å². The van der Waals surface area contributed by atoms with E-state index in [4.69, 9.17) is 18.0 Å². The van der Waals surface area contributed by atoms with Crippen LogP contribution in [0, 0.1) is 5.82 Å². The lowest BCUT2D eigenvalue weighted by Gasteiger charge is -2.31. The summed E-state index contributed by atoms with van der Waals surface area (Å²) in [6, 6.07) is 13.5. The van der Waals surface area contributed by atoms with Crippen molar-refractivity contribution in [2.24, 2.45) is 5.73 Å². The second-order valence-corrected chi connectivity index (χ2v) is 5.77. The molecule has 1 aliphatic heterocycles. The minimum absolute atomic E-state index is 0.105. The van der Waals surface area contributed by atoms with Gasteiger partial charge in [0.15, 0.2) is 0 Å². The van der Waals surface area contributed by atoms with Crippen molar-refractivity contribution in [2.75, 3.05) is 11.4 Å². The van der Waals surface area contributed by atoms with Gasteiger partial charge in [0.25, 0.3) is 0 Å². The highest BCUT2D eigenvalue weighted by molar-refractivity contribution is 7.80. The van der Waals surface area contributed by atoms with Gasteiger partial charge in [-0.2, -0.15) is 0 Å². The average molecular weight is 300 g/mol. The number of halogens is 1. The Morgan fingerprint density at radius 3 is 2.86 bits per heavy atom. The summed E-state index contributed by atoms with van der Waals surface area (Å²) in [5.74, 6) is -0.356. The van der Waals surface area contributed by atoms with Gasteiger partial charge in [-0.1, -0.05) is 36.5 Å². The summed E-state index contributed by atoms with van der Waals surface area (Å²) in [4.78, 5) is 2.43. The van der Waals surface area contributed by atoms with Crippen molar-refractivity contribution in [3.63, 3.8) is 0 Å². The Morgan fingerprint density at radius 1 is 1.24 bits per heavy atom. The van der Waals surface area contributed by atoms with E-state index in [1.54, 1.807) is 12.1 Å². The van der Waals surface area contributed by atoms with Crippen LogP contribution in [-0.4, -0.2) is 11.5 Å². The number of rotatable bonds is 3. The normalized spacial score (nSPS) is 13.9. The van der Waals surface area contributed by atoms with E-state index < -0.39 is 0 Å². The summed E-state index contributed by atoms with van der Waals surface area (Å²) in [6.45, 7) is 1.75. The molecule has 1 aliphatic rings. The minimum Gasteiger partial charge on any atom is -0.389 e. The second kappa shape index (κ2) is 5.82. The van der Waals surface area contributed by atoms with Crippen molar-refractivity contribution < 1.29 is 4.39 Å². The molecule has 0 bridgehead atoms. The van der Waals surface area contributed by atoms with Crippen LogP contribution in [-0.2, 0) is 13.0 Å². The maximum Gasteiger partial charge on any atom is 0.133 e. The predicted molar refractivity (Wildman–Crippen MR) is 88.1 cm³/mol. The smallest absolute Gasteiger partial charge is 0.133 e. The van der Waals surface area contributed by atoms with Crippen LogP contribution in [0.15, 0.2) is 42.5 Å². The lowest BCUT2D eigenvalue weighted by Crippen LogP contribution is -2.28. The van der Waals surface area contributed by atoms with E-state index in [1.807, 2.05) is 0 Å². The van der Waals surface area contributed by atoms with E-state index in [-0.39, 0.29) is 10.8 Å². The van der Waals surface area contributed by atoms with Gasteiger partial charge < -0.3 is 10.6 Å². The molecule has 0 saturated heterocycles. The molecule has 1 heterocycles. The quantitative estimate of drug-likeness (QED) is 0.881. The van der Waals surface area contributed by atoms with Crippen LogP contribution in [0.1, 0.15) is 23.1 Å². The Bertz CT molecular complexity index is 684. The number of hydrogen-bond donors (Lipinski definition) is 1. The van der Waals surface area contributed by atoms with Crippen molar-refractivity contribution in [3.8, 4) is 0 Å².